The summed E-state index contributed by atoms with van der Waals surface area (Å²) in [6, 6.07) is 49.7. The standard InChI is InChI=1S/C42H34/c1-27-10-18-31(19-11-27)38-37-26-35-8-6-5-7-9-36(35)42(37)41(34-24-16-30(4)17-25-34)40(33-22-14-29(3)15-23-33)39(38)32-20-12-28(2)13-21-32/h5-26H,1-4H3. The number of aryl methyl sites for hydroxylation is 4. The van der Waals surface area contributed by atoms with E-state index in [4.69, 9.17) is 0 Å². The van der Waals surface area contributed by atoms with Crippen LogP contribution in [0.5, 0.6) is 0 Å². The lowest BCUT2D eigenvalue weighted by atomic mass is 9.79. The minimum Gasteiger partial charge on any atom is -0.0622 e. The van der Waals surface area contributed by atoms with Crippen LogP contribution < -0.4 is 0 Å². The maximum atomic E-state index is 2.41. The number of hydrogen-bond acceptors (Lipinski definition) is 0. The molecule has 0 N–H and O–H groups in total. The van der Waals surface area contributed by atoms with Crippen LogP contribution in [0.4, 0.5) is 0 Å². The molecule has 0 bridgehead atoms. The van der Waals surface area contributed by atoms with Gasteiger partial charge in [0, 0.05) is 0 Å². The second-order valence-corrected chi connectivity index (χ2v) is 11.7. The normalized spacial score (nSPS) is 11.3. The van der Waals surface area contributed by atoms with Gasteiger partial charge in [-0.2, -0.15) is 0 Å². The Bertz CT molecular complexity index is 2000. The summed E-state index contributed by atoms with van der Waals surface area (Å²) in [6.45, 7) is 8.65. The summed E-state index contributed by atoms with van der Waals surface area (Å²) in [4.78, 5) is 0. The van der Waals surface area contributed by atoms with Gasteiger partial charge in [-0.15, -0.1) is 0 Å². The molecule has 0 saturated carbocycles. The van der Waals surface area contributed by atoms with Crippen LogP contribution in [0.15, 0.2) is 133 Å². The highest BCUT2D eigenvalue weighted by Gasteiger charge is 2.27. The van der Waals surface area contributed by atoms with Crippen molar-refractivity contribution in [3.8, 4) is 55.6 Å². The Hall–Kier alpha value is -4.94. The number of benzene rings is 5. The summed E-state index contributed by atoms with van der Waals surface area (Å²) in [7, 11) is 0. The summed E-state index contributed by atoms with van der Waals surface area (Å²) < 4.78 is 0. The van der Waals surface area contributed by atoms with E-state index in [1.165, 1.54) is 88.7 Å². The molecule has 0 amide bonds. The van der Waals surface area contributed by atoms with Gasteiger partial charge in [-0.05, 0) is 100 Å². The fourth-order valence-corrected chi connectivity index (χ4v) is 6.31. The van der Waals surface area contributed by atoms with Crippen molar-refractivity contribution in [2.75, 3.05) is 0 Å². The zero-order valence-corrected chi connectivity index (χ0v) is 24.7. The topological polar surface area (TPSA) is 0 Å². The van der Waals surface area contributed by atoms with Crippen molar-refractivity contribution in [2.24, 2.45) is 0 Å². The summed E-state index contributed by atoms with van der Waals surface area (Å²) in [5.41, 5.74) is 17.7. The number of hydrogen-bond donors (Lipinski definition) is 0. The Morgan fingerprint density at radius 1 is 0.310 bits per heavy atom. The minimum atomic E-state index is 1.23. The fourth-order valence-electron chi connectivity index (χ4n) is 6.31. The second-order valence-electron chi connectivity index (χ2n) is 11.7. The maximum Gasteiger partial charge on any atom is -0.00137 e. The molecule has 0 atom stereocenters. The zero-order chi connectivity index (χ0) is 28.8. The van der Waals surface area contributed by atoms with Crippen LogP contribution in [0, 0.1) is 27.7 Å². The van der Waals surface area contributed by atoms with Crippen molar-refractivity contribution in [3.63, 3.8) is 0 Å². The lowest BCUT2D eigenvalue weighted by Crippen LogP contribution is -1.97. The van der Waals surface area contributed by atoms with Gasteiger partial charge in [-0.3, -0.25) is 0 Å². The van der Waals surface area contributed by atoms with Gasteiger partial charge < -0.3 is 0 Å². The molecule has 0 radical (unpaired) electrons. The molecule has 0 fully saturated rings. The Morgan fingerprint density at radius 2 is 0.690 bits per heavy atom. The molecule has 7 rings (SSSR count). The first-order valence-corrected chi connectivity index (χ1v) is 14.8. The lowest BCUT2D eigenvalue weighted by Gasteiger charge is -2.24. The van der Waals surface area contributed by atoms with Crippen molar-refractivity contribution >= 4 is 10.8 Å². The molecule has 5 aromatic carbocycles. The van der Waals surface area contributed by atoms with Gasteiger partial charge in [0.25, 0.3) is 0 Å². The van der Waals surface area contributed by atoms with E-state index in [1.54, 1.807) is 0 Å². The molecule has 5 aromatic rings. The molecule has 0 heteroatoms. The Morgan fingerprint density at radius 3 is 1.17 bits per heavy atom. The first kappa shape index (κ1) is 26.0. The van der Waals surface area contributed by atoms with Crippen molar-refractivity contribution < 1.29 is 0 Å². The molecular weight excluding hydrogens is 504 g/mol. The van der Waals surface area contributed by atoms with Crippen LogP contribution in [0.3, 0.4) is 0 Å². The van der Waals surface area contributed by atoms with Crippen LogP contribution >= 0.6 is 0 Å². The monoisotopic (exact) mass is 538 g/mol. The SMILES string of the molecule is Cc1ccc(-c2c(-c3ccc(C)cc3)c(-c3ccc(C)cc3)c3c4cccccc-4cc3c2-c2ccc(C)cc2)cc1. The predicted molar refractivity (Wildman–Crippen MR) is 181 cm³/mol. The number of fused-ring (bicyclic) bond motifs is 3. The molecule has 0 heterocycles. The molecule has 0 aromatic heterocycles. The van der Waals surface area contributed by atoms with E-state index >= 15 is 0 Å². The second kappa shape index (κ2) is 10.5. The zero-order valence-electron chi connectivity index (χ0n) is 24.7. The van der Waals surface area contributed by atoms with Crippen LogP contribution in [0.2, 0.25) is 0 Å². The van der Waals surface area contributed by atoms with E-state index in [1.807, 2.05) is 0 Å². The van der Waals surface area contributed by atoms with E-state index in [0.29, 0.717) is 0 Å². The van der Waals surface area contributed by atoms with E-state index in [0.717, 1.165) is 0 Å². The van der Waals surface area contributed by atoms with Gasteiger partial charge in [0.15, 0.2) is 0 Å². The summed E-state index contributed by atoms with van der Waals surface area (Å²) >= 11 is 0. The van der Waals surface area contributed by atoms with Crippen LogP contribution in [0.1, 0.15) is 22.3 Å². The van der Waals surface area contributed by atoms with Gasteiger partial charge >= 0.3 is 0 Å². The molecule has 42 heavy (non-hydrogen) atoms. The Kier molecular flexibility index (Phi) is 6.48. The Balaban J connectivity index is 1.78. The quantitative estimate of drug-likeness (QED) is 0.209. The average molecular weight is 539 g/mol. The lowest BCUT2D eigenvalue weighted by molar-refractivity contribution is 1.45. The van der Waals surface area contributed by atoms with Gasteiger partial charge in [0.1, 0.15) is 0 Å². The van der Waals surface area contributed by atoms with Crippen LogP contribution in [-0.2, 0) is 0 Å². The molecule has 0 saturated heterocycles. The van der Waals surface area contributed by atoms with Gasteiger partial charge in [0.2, 0.25) is 0 Å². The van der Waals surface area contributed by atoms with Gasteiger partial charge in [-0.1, -0.05) is 150 Å². The molecule has 2 aliphatic carbocycles. The third-order valence-electron chi connectivity index (χ3n) is 8.54. The van der Waals surface area contributed by atoms with E-state index in [9.17, 15) is 0 Å². The third kappa shape index (κ3) is 4.50. The average Bonchev–Trinajstić information content (AvgIpc) is 3.19. The van der Waals surface area contributed by atoms with Crippen molar-refractivity contribution in [3.05, 3.63) is 156 Å². The smallest absolute Gasteiger partial charge is 0.00137 e. The first-order valence-electron chi connectivity index (χ1n) is 14.8. The highest BCUT2D eigenvalue weighted by molar-refractivity contribution is 6.24. The van der Waals surface area contributed by atoms with Crippen LogP contribution in [0.25, 0.3) is 66.4 Å². The summed E-state index contributed by atoms with van der Waals surface area (Å²) in [5, 5.41) is 2.61. The van der Waals surface area contributed by atoms with Gasteiger partial charge in [0.05, 0.1) is 0 Å². The van der Waals surface area contributed by atoms with Crippen molar-refractivity contribution in [1.29, 1.82) is 0 Å². The maximum absolute atomic E-state index is 2.41. The van der Waals surface area contributed by atoms with E-state index < -0.39 is 0 Å². The molecule has 2 aliphatic rings. The molecule has 0 unspecified atom stereocenters. The first-order chi connectivity index (χ1) is 20.5. The van der Waals surface area contributed by atoms with Gasteiger partial charge in [-0.25, -0.2) is 0 Å². The molecular formula is C42H34. The molecule has 202 valence electrons. The molecule has 0 aliphatic heterocycles. The highest BCUT2D eigenvalue weighted by Crippen LogP contribution is 2.54. The number of rotatable bonds is 4. The third-order valence-corrected chi connectivity index (χ3v) is 8.54. The fraction of sp³-hybridized carbons (Fsp3) is 0.0952. The highest BCUT2D eigenvalue weighted by atomic mass is 14.3. The Labute approximate surface area is 249 Å². The summed E-state index contributed by atoms with van der Waals surface area (Å²) in [5.74, 6) is 0. The van der Waals surface area contributed by atoms with Crippen LogP contribution in [-0.4, -0.2) is 0 Å². The summed E-state index contributed by atoms with van der Waals surface area (Å²) in [6.07, 6.45) is 0. The van der Waals surface area contributed by atoms with E-state index in [-0.39, 0.29) is 0 Å². The van der Waals surface area contributed by atoms with E-state index in [2.05, 4.69) is 161 Å². The van der Waals surface area contributed by atoms with Crippen molar-refractivity contribution in [2.45, 2.75) is 27.7 Å². The minimum absolute atomic E-state index is 1.23. The largest absolute Gasteiger partial charge is 0.0622 e. The molecule has 0 nitrogen and oxygen atoms in total. The van der Waals surface area contributed by atoms with Crippen molar-refractivity contribution in [1.82, 2.24) is 0 Å². The predicted octanol–water partition coefficient (Wildman–Crippen LogP) is 11.8. The molecule has 0 spiro atoms.